The topological polar surface area (TPSA) is 38.0 Å². The number of halogens is 1. The van der Waals surface area contributed by atoms with Crippen LogP contribution >= 0.6 is 11.6 Å². The molecule has 0 bridgehead atoms. The predicted octanol–water partition coefficient (Wildman–Crippen LogP) is 2.32. The highest BCUT2D eigenvalue weighted by Gasteiger charge is 2.01. The smallest absolute Gasteiger partial charge is 0.0785 e. The molecule has 0 amide bonds. The molecule has 1 N–H and O–H groups in total. The second-order valence-corrected chi connectivity index (χ2v) is 4.23. The van der Waals surface area contributed by atoms with Crippen LogP contribution < -0.4 is 0 Å². The van der Waals surface area contributed by atoms with Gasteiger partial charge in [0.1, 0.15) is 0 Å². The number of hydrogen-bond acceptors (Lipinski definition) is 2. The van der Waals surface area contributed by atoms with Gasteiger partial charge in [0.15, 0.2) is 0 Å². The highest BCUT2D eigenvalue weighted by Crippen LogP contribution is 2.11. The maximum absolute atomic E-state index is 8.72. The minimum absolute atomic E-state index is 0.0872. The first-order chi connectivity index (χ1) is 8.79. The number of hydrogen-bond donors (Lipinski definition) is 1. The number of nitrogens with zero attached hydrogens (tertiary/aromatic N) is 2. The van der Waals surface area contributed by atoms with Crippen LogP contribution in [0.1, 0.15) is 17.5 Å². The monoisotopic (exact) mass is 260 g/mol. The lowest BCUT2D eigenvalue weighted by Gasteiger charge is -2.04. The summed E-state index contributed by atoms with van der Waals surface area (Å²) in [5.41, 5.74) is 2.04. The van der Waals surface area contributed by atoms with Gasteiger partial charge in [0.25, 0.3) is 0 Å². The van der Waals surface area contributed by atoms with Crippen molar-refractivity contribution in [1.82, 2.24) is 9.78 Å². The molecule has 0 fully saturated rings. The first-order valence-electron chi connectivity index (χ1n) is 5.65. The van der Waals surface area contributed by atoms with Crippen LogP contribution in [0.25, 0.3) is 0 Å². The Kier molecular flexibility index (Phi) is 4.40. The van der Waals surface area contributed by atoms with Crippen LogP contribution in [0.3, 0.4) is 0 Å². The lowest BCUT2D eigenvalue weighted by Crippen LogP contribution is -2.01. The van der Waals surface area contributed by atoms with Crippen molar-refractivity contribution < 1.29 is 5.11 Å². The average Bonchev–Trinajstić information content (AvgIpc) is 2.77. The summed E-state index contributed by atoms with van der Waals surface area (Å²) in [6.45, 7) is 0.723. The van der Waals surface area contributed by atoms with E-state index in [1.54, 1.807) is 17.1 Å². The molecule has 92 valence electrons. The van der Waals surface area contributed by atoms with Crippen molar-refractivity contribution in [2.24, 2.45) is 0 Å². The van der Waals surface area contributed by atoms with E-state index < -0.39 is 0 Å². The quantitative estimate of drug-likeness (QED) is 0.860. The molecule has 1 aromatic heterocycles. The van der Waals surface area contributed by atoms with Crippen molar-refractivity contribution >= 4 is 11.6 Å². The van der Waals surface area contributed by atoms with E-state index in [0.29, 0.717) is 18.0 Å². The van der Waals surface area contributed by atoms with Crippen LogP contribution in [-0.4, -0.2) is 21.5 Å². The van der Waals surface area contributed by atoms with Gasteiger partial charge < -0.3 is 5.11 Å². The third-order valence-electron chi connectivity index (χ3n) is 2.41. The van der Waals surface area contributed by atoms with Crippen molar-refractivity contribution in [3.05, 3.63) is 52.8 Å². The standard InChI is InChI=1S/C14H13ClN2O/c15-14-9-16-17(11-14)10-13-7-2-1-5-12(13)6-3-4-8-18/h1-2,5,7,9,11,18H,4,8,10H2. The zero-order valence-corrected chi connectivity index (χ0v) is 10.6. The van der Waals surface area contributed by atoms with Gasteiger partial charge >= 0.3 is 0 Å². The molecule has 1 aromatic carbocycles. The second-order valence-electron chi connectivity index (χ2n) is 3.79. The Labute approximate surface area is 111 Å². The van der Waals surface area contributed by atoms with E-state index in [1.807, 2.05) is 24.3 Å². The summed E-state index contributed by atoms with van der Waals surface area (Å²) in [4.78, 5) is 0. The zero-order chi connectivity index (χ0) is 12.8. The van der Waals surface area contributed by atoms with Gasteiger partial charge in [-0.05, 0) is 11.6 Å². The number of aliphatic hydroxyl groups excluding tert-OH is 1. The second kappa shape index (κ2) is 6.25. The summed E-state index contributed by atoms with van der Waals surface area (Å²) < 4.78 is 1.77. The van der Waals surface area contributed by atoms with Gasteiger partial charge in [-0.2, -0.15) is 5.10 Å². The van der Waals surface area contributed by atoms with E-state index in [9.17, 15) is 0 Å². The van der Waals surface area contributed by atoms with E-state index in [1.165, 1.54) is 0 Å². The molecule has 0 aliphatic rings. The summed E-state index contributed by atoms with van der Waals surface area (Å²) in [5, 5.41) is 13.5. The van der Waals surface area contributed by atoms with Crippen LogP contribution in [-0.2, 0) is 6.54 Å². The van der Waals surface area contributed by atoms with Gasteiger partial charge in [-0.3, -0.25) is 4.68 Å². The molecule has 0 saturated heterocycles. The van der Waals surface area contributed by atoms with E-state index in [4.69, 9.17) is 16.7 Å². The maximum atomic E-state index is 8.72. The maximum Gasteiger partial charge on any atom is 0.0785 e. The van der Waals surface area contributed by atoms with E-state index in [2.05, 4.69) is 16.9 Å². The van der Waals surface area contributed by atoms with Crippen molar-refractivity contribution in [3.63, 3.8) is 0 Å². The molecule has 3 nitrogen and oxygen atoms in total. The fraction of sp³-hybridized carbons (Fsp3) is 0.214. The molecule has 0 atom stereocenters. The van der Waals surface area contributed by atoms with Crippen molar-refractivity contribution in [1.29, 1.82) is 0 Å². The van der Waals surface area contributed by atoms with Gasteiger partial charge in [-0.1, -0.05) is 41.6 Å². The summed E-state index contributed by atoms with van der Waals surface area (Å²) in [6.07, 6.45) is 3.88. The number of benzene rings is 1. The molecular formula is C14H13ClN2O. The van der Waals surface area contributed by atoms with Crippen molar-refractivity contribution in [3.8, 4) is 11.8 Å². The number of rotatable bonds is 3. The summed E-state index contributed by atoms with van der Waals surface area (Å²) in [7, 11) is 0. The third kappa shape index (κ3) is 3.36. The average molecular weight is 261 g/mol. The highest BCUT2D eigenvalue weighted by atomic mass is 35.5. The lowest BCUT2D eigenvalue weighted by atomic mass is 10.1. The molecule has 0 saturated carbocycles. The molecule has 2 aromatic rings. The van der Waals surface area contributed by atoms with Crippen LogP contribution in [0.5, 0.6) is 0 Å². The van der Waals surface area contributed by atoms with Crippen molar-refractivity contribution in [2.75, 3.05) is 6.61 Å². The number of aliphatic hydroxyl groups is 1. The molecule has 0 aliphatic heterocycles. The van der Waals surface area contributed by atoms with E-state index in [0.717, 1.165) is 11.1 Å². The van der Waals surface area contributed by atoms with Crippen LogP contribution in [0.4, 0.5) is 0 Å². The lowest BCUT2D eigenvalue weighted by molar-refractivity contribution is 0.305. The molecule has 0 aliphatic carbocycles. The SMILES string of the molecule is OCCC#Cc1ccccc1Cn1cc(Cl)cn1. The van der Waals surface area contributed by atoms with Crippen LogP contribution in [0.2, 0.25) is 5.02 Å². The highest BCUT2D eigenvalue weighted by molar-refractivity contribution is 6.30. The molecule has 0 spiro atoms. The van der Waals surface area contributed by atoms with Gasteiger partial charge in [0.05, 0.1) is 24.4 Å². The van der Waals surface area contributed by atoms with Crippen LogP contribution in [0, 0.1) is 11.8 Å². The van der Waals surface area contributed by atoms with E-state index in [-0.39, 0.29) is 6.61 Å². The van der Waals surface area contributed by atoms with Gasteiger partial charge in [0.2, 0.25) is 0 Å². The predicted molar refractivity (Wildman–Crippen MR) is 71.4 cm³/mol. The van der Waals surface area contributed by atoms with E-state index >= 15 is 0 Å². The Morgan fingerprint density at radius 2 is 2.17 bits per heavy atom. The van der Waals surface area contributed by atoms with Gasteiger partial charge in [0, 0.05) is 18.2 Å². The van der Waals surface area contributed by atoms with Gasteiger partial charge in [-0.25, -0.2) is 0 Å². The Morgan fingerprint density at radius 3 is 2.89 bits per heavy atom. The molecule has 0 unspecified atom stereocenters. The Morgan fingerprint density at radius 1 is 1.33 bits per heavy atom. The largest absolute Gasteiger partial charge is 0.395 e. The fourth-order valence-electron chi connectivity index (χ4n) is 1.59. The summed E-state index contributed by atoms with van der Waals surface area (Å²) in [6, 6.07) is 7.89. The molecular weight excluding hydrogens is 248 g/mol. The van der Waals surface area contributed by atoms with Gasteiger partial charge in [-0.15, -0.1) is 0 Å². The molecule has 2 rings (SSSR count). The third-order valence-corrected chi connectivity index (χ3v) is 2.61. The molecule has 18 heavy (non-hydrogen) atoms. The fourth-order valence-corrected chi connectivity index (χ4v) is 1.75. The number of aromatic nitrogens is 2. The first kappa shape index (κ1) is 12.7. The molecule has 0 radical (unpaired) electrons. The first-order valence-corrected chi connectivity index (χ1v) is 6.03. The zero-order valence-electron chi connectivity index (χ0n) is 9.81. The molecule has 4 heteroatoms. The Hall–Kier alpha value is -1.76. The summed E-state index contributed by atoms with van der Waals surface area (Å²) in [5.74, 6) is 5.98. The Bertz CT molecular complexity index is 581. The minimum Gasteiger partial charge on any atom is -0.395 e. The summed E-state index contributed by atoms with van der Waals surface area (Å²) >= 11 is 5.83. The van der Waals surface area contributed by atoms with Crippen molar-refractivity contribution in [2.45, 2.75) is 13.0 Å². The normalized spacial score (nSPS) is 9.89. The Balaban J connectivity index is 2.20. The minimum atomic E-state index is 0.0872. The molecule has 1 heterocycles. The van der Waals surface area contributed by atoms with Crippen LogP contribution in [0.15, 0.2) is 36.7 Å².